The largest absolute Gasteiger partial charge is 0.493 e. The second-order valence-electron chi connectivity index (χ2n) is 8.43. The van der Waals surface area contributed by atoms with E-state index in [9.17, 15) is 4.79 Å². The predicted molar refractivity (Wildman–Crippen MR) is 133 cm³/mol. The molecule has 9 heteroatoms. The molecule has 1 amide bonds. The van der Waals surface area contributed by atoms with Gasteiger partial charge in [-0.2, -0.15) is 0 Å². The molecule has 1 aromatic rings. The van der Waals surface area contributed by atoms with E-state index in [1.807, 2.05) is 50.8 Å². The molecule has 1 saturated heterocycles. The van der Waals surface area contributed by atoms with Crippen molar-refractivity contribution in [3.63, 3.8) is 0 Å². The summed E-state index contributed by atoms with van der Waals surface area (Å²) in [5.74, 6) is 1.31. The van der Waals surface area contributed by atoms with Crippen LogP contribution in [0, 0.1) is 6.92 Å². The van der Waals surface area contributed by atoms with Gasteiger partial charge in [0, 0.05) is 51.9 Å². The van der Waals surface area contributed by atoms with E-state index in [1.165, 1.54) is 0 Å². The van der Waals surface area contributed by atoms with Gasteiger partial charge in [-0.25, -0.2) is 9.79 Å². The van der Waals surface area contributed by atoms with E-state index in [1.54, 1.807) is 12.0 Å². The summed E-state index contributed by atoms with van der Waals surface area (Å²) >= 11 is 0. The van der Waals surface area contributed by atoms with Crippen molar-refractivity contribution in [2.24, 2.45) is 10.7 Å². The Morgan fingerprint density at radius 2 is 1.77 bits per heavy atom. The minimum absolute atomic E-state index is 0. The second kappa shape index (κ2) is 12.9. The van der Waals surface area contributed by atoms with Crippen LogP contribution < -0.4 is 10.5 Å². The number of aryl methyl sites for hydroxylation is 1. The number of hydrogen-bond acceptors (Lipinski definition) is 5. The Hall–Kier alpha value is -1.75. The zero-order valence-electron chi connectivity index (χ0n) is 19.3. The van der Waals surface area contributed by atoms with E-state index in [2.05, 4.69) is 4.99 Å². The summed E-state index contributed by atoms with van der Waals surface area (Å²) in [7, 11) is 1.68. The number of guanidine groups is 1. The highest BCUT2D eigenvalue weighted by molar-refractivity contribution is 14.0. The fourth-order valence-electron chi connectivity index (χ4n) is 3.02. The molecule has 0 saturated carbocycles. The van der Waals surface area contributed by atoms with Gasteiger partial charge < -0.3 is 29.7 Å². The van der Waals surface area contributed by atoms with Crippen LogP contribution in [0.1, 0.15) is 38.3 Å². The van der Waals surface area contributed by atoms with Crippen molar-refractivity contribution in [3.8, 4) is 5.75 Å². The first-order valence-electron chi connectivity index (χ1n) is 10.4. The van der Waals surface area contributed by atoms with Crippen molar-refractivity contribution >= 4 is 36.0 Å². The van der Waals surface area contributed by atoms with Gasteiger partial charge in [-0.3, -0.25) is 0 Å². The normalized spacial score (nSPS) is 14.8. The highest BCUT2D eigenvalue weighted by Crippen LogP contribution is 2.22. The summed E-state index contributed by atoms with van der Waals surface area (Å²) < 4.78 is 16.4. The van der Waals surface area contributed by atoms with Crippen LogP contribution in [0.5, 0.6) is 5.75 Å². The average molecular weight is 548 g/mol. The number of benzene rings is 1. The zero-order chi connectivity index (χ0) is 22.1. The molecule has 31 heavy (non-hydrogen) atoms. The van der Waals surface area contributed by atoms with Gasteiger partial charge in [0.25, 0.3) is 0 Å². The lowest BCUT2D eigenvalue weighted by atomic mass is 10.1. The van der Waals surface area contributed by atoms with Crippen LogP contribution in [0.4, 0.5) is 4.79 Å². The number of methoxy groups -OCH3 is 1. The van der Waals surface area contributed by atoms with E-state index in [4.69, 9.17) is 19.9 Å². The molecule has 1 aromatic carbocycles. The molecule has 0 atom stereocenters. The molecule has 1 fully saturated rings. The molecule has 176 valence electrons. The van der Waals surface area contributed by atoms with E-state index >= 15 is 0 Å². The Bertz CT molecular complexity index is 729. The number of carbonyl (C=O) groups is 1. The minimum Gasteiger partial charge on any atom is -0.493 e. The Morgan fingerprint density at radius 1 is 1.13 bits per heavy atom. The van der Waals surface area contributed by atoms with Crippen molar-refractivity contribution in [2.75, 3.05) is 46.5 Å². The first-order valence-corrected chi connectivity index (χ1v) is 10.4. The molecule has 0 bridgehead atoms. The van der Waals surface area contributed by atoms with Crippen molar-refractivity contribution in [2.45, 2.75) is 46.3 Å². The van der Waals surface area contributed by atoms with Gasteiger partial charge in [0.15, 0.2) is 5.96 Å². The van der Waals surface area contributed by atoms with E-state index in [-0.39, 0.29) is 30.1 Å². The van der Waals surface area contributed by atoms with E-state index < -0.39 is 5.60 Å². The molecule has 0 aromatic heterocycles. The van der Waals surface area contributed by atoms with Crippen molar-refractivity contribution in [1.82, 2.24) is 9.80 Å². The van der Waals surface area contributed by atoms with Crippen LogP contribution in [-0.4, -0.2) is 74.0 Å². The molecule has 0 spiro atoms. The lowest BCUT2D eigenvalue weighted by Gasteiger charge is -2.36. The lowest BCUT2D eigenvalue weighted by Crippen LogP contribution is -2.53. The fourth-order valence-corrected chi connectivity index (χ4v) is 3.02. The van der Waals surface area contributed by atoms with Gasteiger partial charge in [-0.1, -0.05) is 12.1 Å². The summed E-state index contributed by atoms with van der Waals surface area (Å²) in [6.07, 6.45) is 0.546. The van der Waals surface area contributed by atoms with Crippen molar-refractivity contribution in [3.05, 3.63) is 29.3 Å². The Labute approximate surface area is 203 Å². The predicted octanol–water partition coefficient (Wildman–Crippen LogP) is 3.40. The highest BCUT2D eigenvalue weighted by Gasteiger charge is 2.26. The van der Waals surface area contributed by atoms with Crippen LogP contribution in [0.25, 0.3) is 0 Å². The van der Waals surface area contributed by atoms with Gasteiger partial charge >= 0.3 is 6.09 Å². The Kier molecular flexibility index (Phi) is 11.4. The number of carbonyl (C=O) groups excluding carboxylic acids is 1. The molecule has 8 nitrogen and oxygen atoms in total. The SMILES string of the molecule is COCCCOc1cc(C)ccc1CN=C(N)N1CCN(C(=O)OC(C)(C)C)CC1.I. The third-order valence-corrected chi connectivity index (χ3v) is 4.64. The quantitative estimate of drug-likeness (QED) is 0.243. The van der Waals surface area contributed by atoms with E-state index in [0.717, 1.165) is 23.3 Å². The molecule has 1 aliphatic rings. The molecule has 2 N–H and O–H groups in total. The van der Waals surface area contributed by atoms with Gasteiger partial charge in [-0.05, 0) is 39.3 Å². The van der Waals surface area contributed by atoms with Crippen LogP contribution >= 0.6 is 24.0 Å². The molecule has 0 radical (unpaired) electrons. The molecule has 0 aliphatic carbocycles. The van der Waals surface area contributed by atoms with Gasteiger partial charge in [-0.15, -0.1) is 24.0 Å². The number of nitrogens with two attached hydrogens (primary N) is 1. The van der Waals surface area contributed by atoms with Crippen LogP contribution in [0.15, 0.2) is 23.2 Å². The number of amides is 1. The Balaban J connectivity index is 0.00000480. The number of hydrogen-bond donors (Lipinski definition) is 1. The number of ether oxygens (including phenoxy) is 3. The number of piperazine rings is 1. The lowest BCUT2D eigenvalue weighted by molar-refractivity contribution is 0.0186. The maximum Gasteiger partial charge on any atom is 0.410 e. The Morgan fingerprint density at radius 3 is 2.39 bits per heavy atom. The third-order valence-electron chi connectivity index (χ3n) is 4.64. The minimum atomic E-state index is -0.494. The van der Waals surface area contributed by atoms with Crippen molar-refractivity contribution in [1.29, 1.82) is 0 Å². The van der Waals surface area contributed by atoms with Gasteiger partial charge in [0.1, 0.15) is 11.4 Å². The summed E-state index contributed by atoms with van der Waals surface area (Å²) in [5.41, 5.74) is 7.86. The van der Waals surface area contributed by atoms with Crippen LogP contribution in [-0.2, 0) is 16.0 Å². The topological polar surface area (TPSA) is 89.6 Å². The first kappa shape index (κ1) is 27.3. The number of halogens is 1. The van der Waals surface area contributed by atoms with Gasteiger partial charge in [0.05, 0.1) is 13.2 Å². The molecular weight excluding hydrogens is 511 g/mol. The average Bonchev–Trinajstić information content (AvgIpc) is 2.69. The number of rotatable bonds is 7. The van der Waals surface area contributed by atoms with E-state index in [0.29, 0.717) is 51.9 Å². The number of aliphatic imine (C=N–C) groups is 1. The van der Waals surface area contributed by atoms with Gasteiger partial charge in [0.2, 0.25) is 0 Å². The zero-order valence-corrected chi connectivity index (χ0v) is 21.7. The molecule has 1 heterocycles. The monoisotopic (exact) mass is 548 g/mol. The van der Waals surface area contributed by atoms with Crippen LogP contribution in [0.2, 0.25) is 0 Å². The smallest absolute Gasteiger partial charge is 0.410 e. The molecule has 2 rings (SSSR count). The maximum atomic E-state index is 12.2. The molecule has 0 unspecified atom stereocenters. The molecule has 1 aliphatic heterocycles. The third kappa shape index (κ3) is 9.51. The maximum absolute atomic E-state index is 12.2. The van der Waals surface area contributed by atoms with Crippen LogP contribution in [0.3, 0.4) is 0 Å². The fraction of sp³-hybridized carbons (Fsp3) is 0.636. The second-order valence-corrected chi connectivity index (χ2v) is 8.43. The summed E-state index contributed by atoms with van der Waals surface area (Å²) in [6.45, 7) is 11.7. The summed E-state index contributed by atoms with van der Waals surface area (Å²) in [5, 5.41) is 0. The summed E-state index contributed by atoms with van der Waals surface area (Å²) in [6, 6.07) is 6.09. The molecular formula is C22H37IN4O4. The van der Waals surface area contributed by atoms with Crippen molar-refractivity contribution < 1.29 is 19.0 Å². The highest BCUT2D eigenvalue weighted by atomic mass is 127. The first-order chi connectivity index (χ1) is 14.2. The summed E-state index contributed by atoms with van der Waals surface area (Å²) in [4.78, 5) is 20.5. The number of nitrogens with zero attached hydrogens (tertiary/aromatic N) is 3. The standard InChI is InChI=1S/C22H36N4O4.HI/c1-17-7-8-18(19(15-17)29-14-6-13-28-5)16-24-20(23)25-9-11-26(12-10-25)21(27)30-22(2,3)4;/h7-8,15H,6,9-14,16H2,1-5H3,(H2,23,24);1H.